The van der Waals surface area contributed by atoms with Crippen LogP contribution in [0.3, 0.4) is 0 Å². The number of hydrogen-bond acceptors (Lipinski definition) is 6. The van der Waals surface area contributed by atoms with Gasteiger partial charge in [0.2, 0.25) is 0 Å². The van der Waals surface area contributed by atoms with Crippen molar-refractivity contribution in [2.24, 2.45) is 9.98 Å². The van der Waals surface area contributed by atoms with Crippen molar-refractivity contribution in [1.82, 2.24) is 0 Å². The molecule has 0 amide bonds. The number of rotatable bonds is 6. The zero-order chi connectivity index (χ0) is 19.9. The molecule has 28 heavy (non-hydrogen) atoms. The van der Waals surface area contributed by atoms with Crippen LogP contribution in [0.15, 0.2) is 82.8 Å². The van der Waals surface area contributed by atoms with Gasteiger partial charge in [0.1, 0.15) is 11.5 Å². The molecule has 2 N–H and O–H groups in total. The first-order chi connectivity index (χ1) is 13.5. The van der Waals surface area contributed by atoms with Crippen LogP contribution in [0.4, 0.5) is 5.69 Å². The molecule has 0 saturated carbocycles. The molecule has 7 nitrogen and oxygen atoms in total. The van der Waals surface area contributed by atoms with Crippen LogP contribution >= 0.6 is 0 Å². The summed E-state index contributed by atoms with van der Waals surface area (Å²) in [4.78, 5) is 19.2. The van der Waals surface area contributed by atoms with Gasteiger partial charge in [-0.3, -0.25) is 20.1 Å². The molecule has 0 aromatic heterocycles. The van der Waals surface area contributed by atoms with Crippen LogP contribution in [-0.4, -0.2) is 27.6 Å². The molecule has 140 valence electrons. The molecule has 0 bridgehead atoms. The van der Waals surface area contributed by atoms with E-state index >= 15 is 0 Å². The normalized spacial score (nSPS) is 11.5. The average molecular weight is 375 g/mol. The van der Waals surface area contributed by atoms with Crippen molar-refractivity contribution < 1.29 is 15.1 Å². The number of benzene rings is 3. The van der Waals surface area contributed by atoms with E-state index in [1.807, 2.05) is 0 Å². The van der Waals surface area contributed by atoms with Crippen molar-refractivity contribution in [1.29, 1.82) is 0 Å². The molecular weight excluding hydrogens is 358 g/mol. The van der Waals surface area contributed by atoms with Gasteiger partial charge in [-0.1, -0.05) is 24.3 Å². The Bertz CT molecular complexity index is 974. The van der Waals surface area contributed by atoms with Crippen LogP contribution in [0.25, 0.3) is 0 Å². The average Bonchev–Trinajstić information content (AvgIpc) is 2.70. The second-order valence-corrected chi connectivity index (χ2v) is 5.90. The Hall–Kier alpha value is -4.00. The van der Waals surface area contributed by atoms with Gasteiger partial charge in [0.25, 0.3) is 5.69 Å². The number of aliphatic imine (C=N–C) groups is 2. The molecule has 3 aromatic rings. The van der Waals surface area contributed by atoms with Crippen molar-refractivity contribution in [2.45, 2.75) is 6.17 Å². The first-order valence-corrected chi connectivity index (χ1v) is 8.41. The van der Waals surface area contributed by atoms with Gasteiger partial charge in [0, 0.05) is 35.7 Å². The molecule has 0 heterocycles. The van der Waals surface area contributed by atoms with Gasteiger partial charge in [-0.15, -0.1) is 0 Å². The molecule has 0 fully saturated rings. The highest BCUT2D eigenvalue weighted by molar-refractivity contribution is 5.85. The summed E-state index contributed by atoms with van der Waals surface area (Å²) < 4.78 is 0. The zero-order valence-electron chi connectivity index (χ0n) is 14.7. The summed E-state index contributed by atoms with van der Waals surface area (Å²) in [7, 11) is 0. The summed E-state index contributed by atoms with van der Waals surface area (Å²) in [6.45, 7) is 0. The molecule has 0 radical (unpaired) electrons. The van der Waals surface area contributed by atoms with E-state index in [0.29, 0.717) is 16.7 Å². The van der Waals surface area contributed by atoms with E-state index in [9.17, 15) is 20.3 Å². The first kappa shape index (κ1) is 18.8. The third-order valence-electron chi connectivity index (χ3n) is 3.99. The molecular formula is C21H17N3O4. The van der Waals surface area contributed by atoms with E-state index in [1.54, 1.807) is 60.7 Å². The quantitative estimate of drug-likeness (QED) is 0.381. The molecule has 3 aromatic carbocycles. The predicted octanol–water partition coefficient (Wildman–Crippen LogP) is 4.24. The fourth-order valence-corrected chi connectivity index (χ4v) is 2.47. The molecule has 0 aliphatic carbocycles. The maximum absolute atomic E-state index is 10.9. The second kappa shape index (κ2) is 8.59. The van der Waals surface area contributed by atoms with Gasteiger partial charge in [0.05, 0.1) is 4.92 Å². The van der Waals surface area contributed by atoms with Crippen molar-refractivity contribution >= 4 is 18.1 Å². The zero-order valence-corrected chi connectivity index (χ0v) is 14.7. The SMILES string of the molecule is O=[N+]([O-])c1ccc(C(/N=C/c2ccccc2O)/N=C/c2ccccc2O)cc1. The Morgan fingerprint density at radius 3 is 1.68 bits per heavy atom. The monoisotopic (exact) mass is 375 g/mol. The Morgan fingerprint density at radius 1 is 0.786 bits per heavy atom. The fraction of sp³-hybridized carbons (Fsp3) is 0.0476. The van der Waals surface area contributed by atoms with Gasteiger partial charge in [-0.25, -0.2) is 0 Å². The highest BCUT2D eigenvalue weighted by Gasteiger charge is 2.11. The minimum atomic E-state index is -0.708. The van der Waals surface area contributed by atoms with Gasteiger partial charge in [-0.05, 0) is 42.0 Å². The van der Waals surface area contributed by atoms with Crippen molar-refractivity contribution in [2.75, 3.05) is 0 Å². The van der Waals surface area contributed by atoms with Crippen LogP contribution < -0.4 is 0 Å². The van der Waals surface area contributed by atoms with Crippen LogP contribution in [-0.2, 0) is 0 Å². The lowest BCUT2D eigenvalue weighted by atomic mass is 10.1. The van der Waals surface area contributed by atoms with Gasteiger partial charge in [0.15, 0.2) is 6.17 Å². The number of nitro benzene ring substituents is 1. The summed E-state index contributed by atoms with van der Waals surface area (Å²) in [6, 6.07) is 19.4. The summed E-state index contributed by atoms with van der Waals surface area (Å²) in [6.07, 6.45) is 2.27. The standard InChI is InChI=1S/C21H17N3O4/c25-19-7-3-1-5-16(19)13-22-21(15-9-11-18(12-10-15)24(27)28)23-14-17-6-2-4-8-20(17)26/h1-14,21,25-26H/b22-13+,23-14+. The van der Waals surface area contributed by atoms with E-state index in [0.717, 1.165) is 0 Å². The Labute approximate surface area is 161 Å². The van der Waals surface area contributed by atoms with Crippen molar-refractivity contribution in [3.8, 4) is 11.5 Å². The van der Waals surface area contributed by atoms with Crippen molar-refractivity contribution in [3.63, 3.8) is 0 Å². The highest BCUT2D eigenvalue weighted by Crippen LogP contribution is 2.24. The molecule has 7 heteroatoms. The van der Waals surface area contributed by atoms with Crippen LogP contribution in [0.5, 0.6) is 11.5 Å². The molecule has 0 aliphatic rings. The van der Waals surface area contributed by atoms with E-state index in [1.165, 1.54) is 24.6 Å². The Kier molecular flexibility index (Phi) is 5.76. The minimum absolute atomic E-state index is 0.0307. The van der Waals surface area contributed by atoms with Gasteiger partial charge in [-0.2, -0.15) is 0 Å². The number of hydrogen-bond donors (Lipinski definition) is 2. The third kappa shape index (κ3) is 4.59. The molecule has 0 unspecified atom stereocenters. The number of aromatic hydroxyl groups is 2. The first-order valence-electron chi connectivity index (χ1n) is 8.41. The summed E-state index contributed by atoms with van der Waals surface area (Å²) >= 11 is 0. The smallest absolute Gasteiger partial charge is 0.269 e. The van der Waals surface area contributed by atoms with Crippen molar-refractivity contribution in [3.05, 3.63) is 99.6 Å². The fourth-order valence-electron chi connectivity index (χ4n) is 2.47. The predicted molar refractivity (Wildman–Crippen MR) is 107 cm³/mol. The van der Waals surface area contributed by atoms with E-state index in [2.05, 4.69) is 9.98 Å². The third-order valence-corrected chi connectivity index (χ3v) is 3.99. The Morgan fingerprint density at radius 2 is 1.25 bits per heavy atom. The van der Waals surface area contributed by atoms with Crippen LogP contribution in [0.1, 0.15) is 22.9 Å². The molecule has 0 saturated heterocycles. The van der Waals surface area contributed by atoms with Crippen LogP contribution in [0, 0.1) is 10.1 Å². The number of phenols is 2. The van der Waals surface area contributed by atoms with E-state index < -0.39 is 11.1 Å². The molecule has 0 spiro atoms. The number of nitrogens with zero attached hydrogens (tertiary/aromatic N) is 3. The van der Waals surface area contributed by atoms with Gasteiger partial charge >= 0.3 is 0 Å². The lowest BCUT2D eigenvalue weighted by Gasteiger charge is -2.08. The summed E-state index contributed by atoms with van der Waals surface area (Å²) in [5.41, 5.74) is 1.64. The largest absolute Gasteiger partial charge is 0.507 e. The van der Waals surface area contributed by atoms with E-state index in [-0.39, 0.29) is 17.2 Å². The minimum Gasteiger partial charge on any atom is -0.507 e. The van der Waals surface area contributed by atoms with E-state index in [4.69, 9.17) is 0 Å². The van der Waals surface area contributed by atoms with Crippen LogP contribution in [0.2, 0.25) is 0 Å². The maximum Gasteiger partial charge on any atom is 0.269 e. The molecule has 0 atom stereocenters. The lowest BCUT2D eigenvalue weighted by molar-refractivity contribution is -0.384. The number of phenolic OH excluding ortho intramolecular Hbond substituents is 2. The number of para-hydroxylation sites is 2. The lowest BCUT2D eigenvalue weighted by Crippen LogP contribution is -1.96. The summed E-state index contributed by atoms with van der Waals surface area (Å²) in [5.74, 6) is 0.164. The molecule has 0 aliphatic heterocycles. The summed E-state index contributed by atoms with van der Waals surface area (Å²) in [5, 5.41) is 30.7. The number of non-ortho nitro benzene ring substituents is 1. The topological polar surface area (TPSA) is 108 Å². The number of nitro groups is 1. The van der Waals surface area contributed by atoms with Gasteiger partial charge < -0.3 is 10.2 Å². The Balaban J connectivity index is 1.94. The highest BCUT2D eigenvalue weighted by atomic mass is 16.6. The molecule has 3 rings (SSSR count). The second-order valence-electron chi connectivity index (χ2n) is 5.90. The maximum atomic E-state index is 10.9.